The zero-order valence-electron chi connectivity index (χ0n) is 12.3. The number of ether oxygens (including phenoxy) is 1. The minimum Gasteiger partial charge on any atom is -0.493 e. The number of hydrogen-bond acceptors (Lipinski definition) is 4. The van der Waals surface area contributed by atoms with Crippen molar-refractivity contribution in [2.45, 2.75) is 31.3 Å². The van der Waals surface area contributed by atoms with Crippen LogP contribution in [0.25, 0.3) is 0 Å². The smallest absolute Gasteiger partial charge is 0.234 e. The summed E-state index contributed by atoms with van der Waals surface area (Å²) in [6.45, 7) is 2.95. The second kappa shape index (κ2) is 6.45. The van der Waals surface area contributed by atoms with E-state index in [-0.39, 0.29) is 11.9 Å². The average Bonchev–Trinajstić information content (AvgIpc) is 2.50. The molecule has 1 amide bonds. The number of nitrogens with one attached hydrogen (secondary N) is 1. The van der Waals surface area contributed by atoms with E-state index in [1.165, 1.54) is 0 Å². The summed E-state index contributed by atoms with van der Waals surface area (Å²) in [5.41, 5.74) is 6.97. The van der Waals surface area contributed by atoms with Crippen LogP contribution in [0.1, 0.15) is 30.9 Å². The highest BCUT2D eigenvalue weighted by molar-refractivity contribution is 5.78. The zero-order chi connectivity index (χ0) is 14.7. The van der Waals surface area contributed by atoms with E-state index >= 15 is 0 Å². The predicted molar refractivity (Wildman–Crippen MR) is 81.1 cm³/mol. The van der Waals surface area contributed by atoms with Gasteiger partial charge in [0.15, 0.2) is 0 Å². The molecule has 1 fully saturated rings. The van der Waals surface area contributed by atoms with Gasteiger partial charge in [0.1, 0.15) is 5.75 Å². The molecule has 3 N–H and O–H groups in total. The van der Waals surface area contributed by atoms with Gasteiger partial charge in [0, 0.05) is 31.1 Å². The van der Waals surface area contributed by atoms with Crippen molar-refractivity contribution in [2.24, 2.45) is 5.73 Å². The van der Waals surface area contributed by atoms with Crippen molar-refractivity contribution in [1.29, 1.82) is 0 Å². The van der Waals surface area contributed by atoms with Crippen LogP contribution in [0, 0.1) is 0 Å². The van der Waals surface area contributed by atoms with Crippen LogP contribution < -0.4 is 15.8 Å². The quantitative estimate of drug-likeness (QED) is 0.873. The minimum atomic E-state index is 0.0643. The first-order valence-corrected chi connectivity index (χ1v) is 7.71. The fourth-order valence-corrected chi connectivity index (χ4v) is 3.05. The molecule has 2 heterocycles. The third-order valence-corrected chi connectivity index (χ3v) is 4.29. The zero-order valence-corrected chi connectivity index (χ0v) is 12.3. The second-order valence-electron chi connectivity index (χ2n) is 5.91. The van der Waals surface area contributed by atoms with E-state index < -0.39 is 0 Å². The molecule has 1 aromatic rings. The fourth-order valence-electron chi connectivity index (χ4n) is 3.05. The summed E-state index contributed by atoms with van der Waals surface area (Å²) in [6.07, 6.45) is 2.79. The number of amides is 1. The Kier molecular flexibility index (Phi) is 4.41. The third-order valence-electron chi connectivity index (χ3n) is 4.29. The van der Waals surface area contributed by atoms with E-state index in [1.54, 1.807) is 0 Å². The van der Waals surface area contributed by atoms with Gasteiger partial charge in [-0.2, -0.15) is 0 Å². The van der Waals surface area contributed by atoms with Gasteiger partial charge >= 0.3 is 0 Å². The summed E-state index contributed by atoms with van der Waals surface area (Å²) in [7, 11) is 0. The highest BCUT2D eigenvalue weighted by Crippen LogP contribution is 2.31. The van der Waals surface area contributed by atoms with Crippen molar-refractivity contribution in [1.82, 2.24) is 10.2 Å². The molecule has 21 heavy (non-hydrogen) atoms. The number of para-hydroxylation sites is 1. The van der Waals surface area contributed by atoms with Crippen molar-refractivity contribution in [3.05, 3.63) is 29.8 Å². The van der Waals surface area contributed by atoms with Crippen LogP contribution in [0.3, 0.4) is 0 Å². The lowest BCUT2D eigenvalue weighted by Crippen LogP contribution is -2.45. The molecule has 2 aliphatic rings. The summed E-state index contributed by atoms with van der Waals surface area (Å²) in [5.74, 6) is 0.977. The molecule has 0 spiro atoms. The number of carbonyl (C=O) groups is 1. The van der Waals surface area contributed by atoms with Crippen LogP contribution in [0.2, 0.25) is 0 Å². The maximum Gasteiger partial charge on any atom is 0.234 e. The van der Waals surface area contributed by atoms with E-state index in [0.717, 1.165) is 43.7 Å². The Balaban J connectivity index is 1.56. The van der Waals surface area contributed by atoms with Crippen molar-refractivity contribution in [3.8, 4) is 5.75 Å². The Hall–Kier alpha value is -1.59. The van der Waals surface area contributed by atoms with Crippen molar-refractivity contribution < 1.29 is 9.53 Å². The Morgan fingerprint density at radius 1 is 1.29 bits per heavy atom. The summed E-state index contributed by atoms with van der Waals surface area (Å²) in [4.78, 5) is 14.4. The van der Waals surface area contributed by atoms with Gasteiger partial charge in [-0.05, 0) is 18.9 Å². The molecular weight excluding hydrogens is 266 g/mol. The number of likely N-dealkylation sites (tertiary alicyclic amines) is 1. The second-order valence-corrected chi connectivity index (χ2v) is 5.91. The number of carbonyl (C=O) groups excluding carboxylic acids is 1. The Bertz CT molecular complexity index is 498. The fraction of sp³-hybridized carbons (Fsp3) is 0.562. The van der Waals surface area contributed by atoms with E-state index in [0.29, 0.717) is 19.2 Å². The minimum absolute atomic E-state index is 0.0643. The van der Waals surface area contributed by atoms with E-state index in [4.69, 9.17) is 10.5 Å². The van der Waals surface area contributed by atoms with Crippen LogP contribution in [-0.4, -0.2) is 43.1 Å². The van der Waals surface area contributed by atoms with Crippen LogP contribution in [0.4, 0.5) is 0 Å². The topological polar surface area (TPSA) is 67.6 Å². The van der Waals surface area contributed by atoms with Gasteiger partial charge in [0.2, 0.25) is 5.91 Å². The van der Waals surface area contributed by atoms with Gasteiger partial charge in [0.25, 0.3) is 0 Å². The third kappa shape index (κ3) is 3.54. The number of hydrogen-bond donors (Lipinski definition) is 2. The van der Waals surface area contributed by atoms with Crippen molar-refractivity contribution >= 4 is 5.91 Å². The molecule has 1 saturated heterocycles. The van der Waals surface area contributed by atoms with E-state index in [2.05, 4.69) is 10.2 Å². The highest BCUT2D eigenvalue weighted by atomic mass is 16.5. The Morgan fingerprint density at radius 3 is 2.86 bits per heavy atom. The SMILES string of the molecule is NC1CCN(CC(=O)NC2CCOc3ccccc32)CC1. The first-order valence-electron chi connectivity index (χ1n) is 7.71. The number of nitrogens with zero attached hydrogens (tertiary/aromatic N) is 1. The summed E-state index contributed by atoms with van der Waals surface area (Å²) in [6, 6.07) is 8.29. The highest BCUT2D eigenvalue weighted by Gasteiger charge is 2.24. The average molecular weight is 289 g/mol. The van der Waals surface area contributed by atoms with Crippen LogP contribution in [0.15, 0.2) is 24.3 Å². The summed E-state index contributed by atoms with van der Waals surface area (Å²) < 4.78 is 5.62. The molecule has 0 bridgehead atoms. The molecular formula is C16H23N3O2. The van der Waals surface area contributed by atoms with Gasteiger partial charge in [-0.1, -0.05) is 18.2 Å². The molecule has 2 aliphatic heterocycles. The van der Waals surface area contributed by atoms with Gasteiger partial charge in [0.05, 0.1) is 19.2 Å². The van der Waals surface area contributed by atoms with Crippen LogP contribution in [0.5, 0.6) is 5.75 Å². The molecule has 3 rings (SSSR count). The number of nitrogens with two attached hydrogens (primary N) is 1. The van der Waals surface area contributed by atoms with Crippen LogP contribution >= 0.6 is 0 Å². The molecule has 1 atom stereocenters. The summed E-state index contributed by atoms with van der Waals surface area (Å²) >= 11 is 0. The number of piperidine rings is 1. The predicted octanol–water partition coefficient (Wildman–Crippen LogP) is 1.05. The lowest BCUT2D eigenvalue weighted by atomic mass is 10.0. The molecule has 1 unspecified atom stereocenters. The van der Waals surface area contributed by atoms with E-state index in [9.17, 15) is 4.79 Å². The van der Waals surface area contributed by atoms with Crippen molar-refractivity contribution in [2.75, 3.05) is 26.2 Å². The van der Waals surface area contributed by atoms with Crippen molar-refractivity contribution in [3.63, 3.8) is 0 Å². The maximum absolute atomic E-state index is 12.2. The Morgan fingerprint density at radius 2 is 2.05 bits per heavy atom. The molecule has 114 valence electrons. The molecule has 0 saturated carbocycles. The first-order chi connectivity index (χ1) is 10.2. The van der Waals surface area contributed by atoms with Gasteiger partial charge < -0.3 is 15.8 Å². The maximum atomic E-state index is 12.2. The van der Waals surface area contributed by atoms with Gasteiger partial charge in [-0.3, -0.25) is 9.69 Å². The molecule has 0 radical (unpaired) electrons. The molecule has 1 aromatic carbocycles. The monoisotopic (exact) mass is 289 g/mol. The molecule has 5 heteroatoms. The number of fused-ring (bicyclic) bond motifs is 1. The standard InChI is InChI=1S/C16H23N3O2/c17-12-5-8-19(9-6-12)11-16(20)18-14-7-10-21-15-4-2-1-3-13(14)15/h1-4,12,14H,5-11,17H2,(H,18,20). The van der Waals surface area contributed by atoms with Gasteiger partial charge in [-0.25, -0.2) is 0 Å². The Labute approximate surface area is 125 Å². The summed E-state index contributed by atoms with van der Waals surface area (Å²) in [5, 5.41) is 3.14. The lowest BCUT2D eigenvalue weighted by Gasteiger charge is -2.31. The first kappa shape index (κ1) is 14.4. The molecule has 5 nitrogen and oxygen atoms in total. The van der Waals surface area contributed by atoms with Gasteiger partial charge in [-0.15, -0.1) is 0 Å². The molecule has 0 aliphatic carbocycles. The number of benzene rings is 1. The lowest BCUT2D eigenvalue weighted by molar-refractivity contribution is -0.123. The largest absolute Gasteiger partial charge is 0.493 e. The molecule has 0 aromatic heterocycles. The number of rotatable bonds is 3. The normalized spacial score (nSPS) is 23.2. The van der Waals surface area contributed by atoms with E-state index in [1.807, 2.05) is 24.3 Å². The van der Waals surface area contributed by atoms with Crippen LogP contribution in [-0.2, 0) is 4.79 Å².